The van der Waals surface area contributed by atoms with Gasteiger partial charge in [0, 0.05) is 0 Å². The summed E-state index contributed by atoms with van der Waals surface area (Å²) in [6.07, 6.45) is 13.9. The lowest BCUT2D eigenvalue weighted by Crippen LogP contribution is -2.26. The number of carboxylic acid groups (broad SMARTS) is 1. The van der Waals surface area contributed by atoms with E-state index >= 15 is 0 Å². The monoisotopic (exact) mass is 314 g/mol. The van der Waals surface area contributed by atoms with Crippen molar-refractivity contribution in [2.24, 2.45) is 11.3 Å². The molecule has 3 nitrogen and oxygen atoms in total. The van der Waals surface area contributed by atoms with Gasteiger partial charge >= 0.3 is 5.97 Å². The van der Waals surface area contributed by atoms with Crippen LogP contribution >= 0.6 is 0 Å². The molecular formula is C20H26O3. The Morgan fingerprint density at radius 2 is 2.30 bits per heavy atom. The summed E-state index contributed by atoms with van der Waals surface area (Å²) in [5.74, 6) is -0.403. The number of carboxylic acids is 1. The summed E-state index contributed by atoms with van der Waals surface area (Å²) in [6.45, 7) is 8.56. The molecule has 0 aromatic carbocycles. The molecule has 0 aliphatic heterocycles. The second-order valence-electron chi connectivity index (χ2n) is 6.85. The Morgan fingerprint density at radius 1 is 1.52 bits per heavy atom. The van der Waals surface area contributed by atoms with Crippen LogP contribution in [0.25, 0.3) is 0 Å². The Kier molecular flexibility index (Phi) is 5.64. The zero-order valence-electron chi connectivity index (χ0n) is 14.0. The van der Waals surface area contributed by atoms with E-state index in [1.807, 2.05) is 18.4 Å². The van der Waals surface area contributed by atoms with E-state index in [1.165, 1.54) is 5.56 Å². The zero-order chi connectivity index (χ0) is 16.9. The van der Waals surface area contributed by atoms with E-state index in [0.717, 1.165) is 32.1 Å². The summed E-state index contributed by atoms with van der Waals surface area (Å²) >= 11 is 0. The maximum Gasteiger partial charge on any atom is 0.335 e. The molecule has 3 heteroatoms. The molecule has 0 bridgehead atoms. The van der Waals surface area contributed by atoms with Gasteiger partial charge in [0.25, 0.3) is 0 Å². The summed E-state index contributed by atoms with van der Waals surface area (Å²) in [5.41, 5.74) is 2.46. The Morgan fingerprint density at radius 3 is 2.96 bits per heavy atom. The lowest BCUT2D eigenvalue weighted by Gasteiger charge is -2.36. The molecule has 0 spiro atoms. The van der Waals surface area contributed by atoms with Crippen LogP contribution in [0.4, 0.5) is 0 Å². The molecule has 2 rings (SSSR count). The Bertz CT molecular complexity index is 607. The first-order chi connectivity index (χ1) is 10.9. The number of rotatable bonds is 4. The Balaban J connectivity index is 2.14. The molecule has 1 aromatic heterocycles. The van der Waals surface area contributed by atoms with Crippen LogP contribution in [0.2, 0.25) is 0 Å². The second kappa shape index (κ2) is 7.49. The first-order valence-electron chi connectivity index (χ1n) is 8.22. The average molecular weight is 314 g/mol. The van der Waals surface area contributed by atoms with E-state index in [0.29, 0.717) is 17.1 Å². The molecule has 0 radical (unpaired) electrons. The van der Waals surface area contributed by atoms with Crippen molar-refractivity contribution in [3.05, 3.63) is 60.1 Å². The summed E-state index contributed by atoms with van der Waals surface area (Å²) in [7, 11) is 0. The minimum absolute atomic E-state index is 0.183. The molecule has 0 saturated heterocycles. The number of aryl methyl sites for hydroxylation is 1. The van der Waals surface area contributed by atoms with Crippen LogP contribution in [-0.2, 0) is 11.2 Å². The van der Waals surface area contributed by atoms with E-state index in [4.69, 9.17) is 4.42 Å². The molecule has 0 fully saturated rings. The third-order valence-electron chi connectivity index (χ3n) is 5.23. The molecule has 0 unspecified atom stereocenters. The normalized spacial score (nSPS) is 29.6. The van der Waals surface area contributed by atoms with Crippen LogP contribution in [0.15, 0.2) is 59.0 Å². The van der Waals surface area contributed by atoms with Gasteiger partial charge in [0.15, 0.2) is 0 Å². The minimum Gasteiger partial charge on any atom is -0.478 e. The van der Waals surface area contributed by atoms with Crippen molar-refractivity contribution in [3.63, 3.8) is 0 Å². The zero-order valence-corrected chi connectivity index (χ0v) is 14.0. The maximum absolute atomic E-state index is 11.3. The van der Waals surface area contributed by atoms with Crippen molar-refractivity contribution in [2.75, 3.05) is 0 Å². The van der Waals surface area contributed by atoms with Gasteiger partial charge in [0.2, 0.25) is 0 Å². The molecule has 1 aromatic rings. The lowest BCUT2D eigenvalue weighted by atomic mass is 9.69. The molecule has 1 aliphatic carbocycles. The second-order valence-corrected chi connectivity index (χ2v) is 6.85. The van der Waals surface area contributed by atoms with Crippen molar-refractivity contribution >= 4 is 5.97 Å². The highest BCUT2D eigenvalue weighted by Crippen LogP contribution is 2.40. The van der Waals surface area contributed by atoms with E-state index in [-0.39, 0.29) is 5.41 Å². The Hall–Kier alpha value is -2.03. The smallest absolute Gasteiger partial charge is 0.335 e. The van der Waals surface area contributed by atoms with Gasteiger partial charge < -0.3 is 9.52 Å². The predicted molar refractivity (Wildman–Crippen MR) is 92.1 cm³/mol. The van der Waals surface area contributed by atoms with E-state index < -0.39 is 5.97 Å². The third kappa shape index (κ3) is 4.47. The van der Waals surface area contributed by atoms with Gasteiger partial charge in [-0.05, 0) is 66.7 Å². The predicted octanol–water partition coefficient (Wildman–Crippen LogP) is 5.16. The third-order valence-corrected chi connectivity index (χ3v) is 5.23. The van der Waals surface area contributed by atoms with Crippen molar-refractivity contribution in [1.29, 1.82) is 0 Å². The van der Waals surface area contributed by atoms with Crippen LogP contribution in [0.1, 0.15) is 45.1 Å². The van der Waals surface area contributed by atoms with E-state index in [2.05, 4.69) is 26.5 Å². The fraction of sp³-hybridized carbons (Fsp3) is 0.450. The van der Waals surface area contributed by atoms with Crippen molar-refractivity contribution in [3.8, 4) is 0 Å². The van der Waals surface area contributed by atoms with Gasteiger partial charge in [-0.3, -0.25) is 0 Å². The number of carbonyl (C=O) groups is 1. The summed E-state index contributed by atoms with van der Waals surface area (Å²) < 4.78 is 5.15. The molecule has 2 atom stereocenters. The summed E-state index contributed by atoms with van der Waals surface area (Å²) in [5, 5.41) is 9.27. The van der Waals surface area contributed by atoms with Crippen molar-refractivity contribution in [1.82, 2.24) is 0 Å². The quantitative estimate of drug-likeness (QED) is 0.835. The molecule has 0 amide bonds. The molecule has 1 heterocycles. The molecular weight excluding hydrogens is 288 g/mol. The highest BCUT2D eigenvalue weighted by atomic mass is 16.4. The highest BCUT2D eigenvalue weighted by Gasteiger charge is 2.30. The maximum atomic E-state index is 11.3. The van der Waals surface area contributed by atoms with Crippen LogP contribution < -0.4 is 0 Å². The van der Waals surface area contributed by atoms with Crippen molar-refractivity contribution in [2.45, 2.75) is 46.0 Å². The standard InChI is InChI=1S/C20H26O3/c1-15-7-8-16(2)20(3,12-9-17-10-13-23-14-17)11-5-4-6-18(15)19(21)22/h4-6,10,13-14,16H,1,7-9,11-12H2,2-3H3,(H,21,22)/b5-4-,18-6+/t16-,20+/m1/s1. The molecule has 1 aliphatic rings. The van der Waals surface area contributed by atoms with Gasteiger partial charge in [-0.1, -0.05) is 32.6 Å². The lowest BCUT2D eigenvalue weighted by molar-refractivity contribution is -0.132. The fourth-order valence-electron chi connectivity index (χ4n) is 3.13. The summed E-state index contributed by atoms with van der Waals surface area (Å²) in [6, 6.07) is 2.02. The topological polar surface area (TPSA) is 50.4 Å². The van der Waals surface area contributed by atoms with Crippen LogP contribution in [-0.4, -0.2) is 11.1 Å². The molecule has 124 valence electrons. The first-order valence-corrected chi connectivity index (χ1v) is 8.22. The number of hydrogen-bond acceptors (Lipinski definition) is 2. The summed E-state index contributed by atoms with van der Waals surface area (Å²) in [4.78, 5) is 11.3. The number of allylic oxidation sites excluding steroid dienone is 3. The number of aliphatic carboxylic acids is 1. The van der Waals surface area contributed by atoms with Gasteiger partial charge in [-0.15, -0.1) is 0 Å². The largest absolute Gasteiger partial charge is 0.478 e. The number of hydrogen-bond donors (Lipinski definition) is 1. The van der Waals surface area contributed by atoms with E-state index in [9.17, 15) is 9.90 Å². The Labute approximate surface area is 138 Å². The molecule has 0 saturated carbocycles. The van der Waals surface area contributed by atoms with Gasteiger partial charge in [-0.25, -0.2) is 4.79 Å². The van der Waals surface area contributed by atoms with Crippen molar-refractivity contribution < 1.29 is 14.3 Å². The fourth-order valence-corrected chi connectivity index (χ4v) is 3.13. The van der Waals surface area contributed by atoms with Crippen LogP contribution in [0, 0.1) is 11.3 Å². The number of furan rings is 1. The van der Waals surface area contributed by atoms with Gasteiger partial charge in [0.05, 0.1) is 18.1 Å². The first kappa shape index (κ1) is 17.3. The van der Waals surface area contributed by atoms with E-state index in [1.54, 1.807) is 12.3 Å². The minimum atomic E-state index is -0.893. The van der Waals surface area contributed by atoms with Crippen LogP contribution in [0.5, 0.6) is 0 Å². The highest BCUT2D eigenvalue weighted by molar-refractivity contribution is 5.91. The SMILES string of the molecule is C=C1CC[C@@H](C)[C@](C)(CCc2ccoc2)C/C=C\C=C/1C(=O)O. The average Bonchev–Trinajstić information content (AvgIpc) is 3.02. The molecule has 23 heavy (non-hydrogen) atoms. The van der Waals surface area contributed by atoms with Gasteiger partial charge in [-0.2, -0.15) is 0 Å². The van der Waals surface area contributed by atoms with Gasteiger partial charge in [0.1, 0.15) is 0 Å². The van der Waals surface area contributed by atoms with Crippen LogP contribution in [0.3, 0.4) is 0 Å². The molecule has 1 N–H and O–H groups in total.